The Balaban J connectivity index is 2.26. The number of para-hydroxylation sites is 2. The fraction of sp³-hybridized carbons (Fsp3) is 0.133. The standard InChI is InChI=1S/C15H13BrO4/c1-2-19-13-5-3-4-6-14(13)20-10-7-8-11(15(17)18)12(16)9-10/h3-9H,2H2,1H3,(H,17,18). The lowest BCUT2D eigenvalue weighted by molar-refractivity contribution is 0.0696. The molecule has 0 amide bonds. The molecule has 104 valence electrons. The van der Waals surface area contributed by atoms with Gasteiger partial charge in [0.15, 0.2) is 11.5 Å². The van der Waals surface area contributed by atoms with Gasteiger partial charge in [-0.15, -0.1) is 0 Å². The van der Waals surface area contributed by atoms with Crippen molar-refractivity contribution < 1.29 is 19.4 Å². The molecule has 2 rings (SSSR count). The van der Waals surface area contributed by atoms with Gasteiger partial charge < -0.3 is 14.6 Å². The Morgan fingerprint density at radius 3 is 2.50 bits per heavy atom. The molecular formula is C15H13BrO4. The summed E-state index contributed by atoms with van der Waals surface area (Å²) >= 11 is 3.22. The number of hydrogen-bond donors (Lipinski definition) is 1. The number of halogens is 1. The molecule has 0 fully saturated rings. The molecule has 1 N–H and O–H groups in total. The number of carboxylic acids is 1. The summed E-state index contributed by atoms with van der Waals surface area (Å²) in [6.07, 6.45) is 0. The third-order valence-electron chi connectivity index (χ3n) is 2.55. The molecule has 2 aromatic carbocycles. The van der Waals surface area contributed by atoms with E-state index in [1.165, 1.54) is 6.07 Å². The Kier molecular flexibility index (Phi) is 4.63. The predicted octanol–water partition coefficient (Wildman–Crippen LogP) is 4.34. The highest BCUT2D eigenvalue weighted by atomic mass is 79.9. The van der Waals surface area contributed by atoms with Gasteiger partial charge >= 0.3 is 5.97 Å². The van der Waals surface area contributed by atoms with Crippen LogP contribution in [-0.4, -0.2) is 17.7 Å². The van der Waals surface area contributed by atoms with E-state index in [0.29, 0.717) is 28.3 Å². The first-order chi connectivity index (χ1) is 9.61. The normalized spacial score (nSPS) is 10.1. The topological polar surface area (TPSA) is 55.8 Å². The largest absolute Gasteiger partial charge is 0.490 e. The maximum Gasteiger partial charge on any atom is 0.336 e. The maximum atomic E-state index is 10.9. The first-order valence-electron chi connectivity index (χ1n) is 6.04. The van der Waals surface area contributed by atoms with Crippen LogP contribution in [0.5, 0.6) is 17.2 Å². The number of rotatable bonds is 5. The van der Waals surface area contributed by atoms with Crippen LogP contribution >= 0.6 is 15.9 Å². The third-order valence-corrected chi connectivity index (χ3v) is 3.20. The van der Waals surface area contributed by atoms with E-state index < -0.39 is 5.97 Å². The molecule has 0 bridgehead atoms. The summed E-state index contributed by atoms with van der Waals surface area (Å²) in [6, 6.07) is 12.0. The molecule has 20 heavy (non-hydrogen) atoms. The average molecular weight is 337 g/mol. The highest BCUT2D eigenvalue weighted by Gasteiger charge is 2.10. The Morgan fingerprint density at radius 2 is 1.90 bits per heavy atom. The minimum atomic E-state index is -0.988. The highest BCUT2D eigenvalue weighted by Crippen LogP contribution is 2.33. The van der Waals surface area contributed by atoms with Crippen molar-refractivity contribution in [3.63, 3.8) is 0 Å². The molecule has 0 saturated heterocycles. The second-order valence-corrected chi connectivity index (χ2v) is 4.78. The summed E-state index contributed by atoms with van der Waals surface area (Å²) in [5, 5.41) is 8.97. The number of carbonyl (C=O) groups is 1. The van der Waals surface area contributed by atoms with Gasteiger partial charge in [0.1, 0.15) is 5.75 Å². The van der Waals surface area contributed by atoms with Gasteiger partial charge in [-0.3, -0.25) is 0 Å². The molecule has 0 atom stereocenters. The number of ether oxygens (including phenoxy) is 2. The lowest BCUT2D eigenvalue weighted by atomic mass is 10.2. The first kappa shape index (κ1) is 14.4. The second kappa shape index (κ2) is 6.43. The van der Waals surface area contributed by atoms with Gasteiger partial charge in [-0.1, -0.05) is 12.1 Å². The number of hydrogen-bond acceptors (Lipinski definition) is 3. The third kappa shape index (κ3) is 3.30. The second-order valence-electron chi connectivity index (χ2n) is 3.93. The van der Waals surface area contributed by atoms with Crippen molar-refractivity contribution in [1.29, 1.82) is 0 Å². The van der Waals surface area contributed by atoms with Crippen LogP contribution in [0.25, 0.3) is 0 Å². The Bertz CT molecular complexity index is 625. The van der Waals surface area contributed by atoms with E-state index in [1.807, 2.05) is 25.1 Å². The van der Waals surface area contributed by atoms with Gasteiger partial charge in [0, 0.05) is 4.47 Å². The quantitative estimate of drug-likeness (QED) is 0.882. The molecule has 0 aliphatic heterocycles. The average Bonchev–Trinajstić information content (AvgIpc) is 2.41. The Morgan fingerprint density at radius 1 is 1.20 bits per heavy atom. The smallest absolute Gasteiger partial charge is 0.336 e. The van der Waals surface area contributed by atoms with Crippen LogP contribution in [0, 0.1) is 0 Å². The van der Waals surface area contributed by atoms with Gasteiger partial charge in [0.05, 0.1) is 12.2 Å². The monoisotopic (exact) mass is 336 g/mol. The van der Waals surface area contributed by atoms with Crippen LogP contribution in [0.4, 0.5) is 0 Å². The van der Waals surface area contributed by atoms with Crippen LogP contribution in [0.2, 0.25) is 0 Å². The van der Waals surface area contributed by atoms with Crippen molar-refractivity contribution in [2.24, 2.45) is 0 Å². The van der Waals surface area contributed by atoms with Crippen molar-refractivity contribution in [2.75, 3.05) is 6.61 Å². The molecule has 2 aromatic rings. The lowest BCUT2D eigenvalue weighted by Crippen LogP contribution is -1.98. The molecular weight excluding hydrogens is 324 g/mol. The zero-order valence-electron chi connectivity index (χ0n) is 10.8. The van der Waals surface area contributed by atoms with E-state index in [2.05, 4.69) is 15.9 Å². The molecule has 0 aromatic heterocycles. The summed E-state index contributed by atoms with van der Waals surface area (Å²) in [4.78, 5) is 10.9. The Labute approximate surface area is 125 Å². The van der Waals surface area contributed by atoms with Crippen molar-refractivity contribution >= 4 is 21.9 Å². The van der Waals surface area contributed by atoms with Crippen LogP contribution in [0.1, 0.15) is 17.3 Å². The van der Waals surface area contributed by atoms with Gasteiger partial charge in [-0.25, -0.2) is 4.79 Å². The number of benzene rings is 2. The summed E-state index contributed by atoms with van der Waals surface area (Å²) in [6.45, 7) is 2.44. The first-order valence-corrected chi connectivity index (χ1v) is 6.83. The zero-order valence-corrected chi connectivity index (χ0v) is 12.4. The number of aromatic carboxylic acids is 1. The van der Waals surface area contributed by atoms with E-state index in [1.54, 1.807) is 18.2 Å². The Hall–Kier alpha value is -2.01. The summed E-state index contributed by atoms with van der Waals surface area (Å²) in [7, 11) is 0. The zero-order chi connectivity index (χ0) is 14.5. The molecule has 0 heterocycles. The minimum Gasteiger partial charge on any atom is -0.490 e. The molecule has 0 unspecified atom stereocenters. The molecule has 0 radical (unpaired) electrons. The summed E-state index contributed by atoms with van der Waals surface area (Å²) in [5.41, 5.74) is 0.190. The van der Waals surface area contributed by atoms with E-state index >= 15 is 0 Å². The van der Waals surface area contributed by atoms with Crippen LogP contribution in [0.15, 0.2) is 46.9 Å². The molecule has 0 spiro atoms. The highest BCUT2D eigenvalue weighted by molar-refractivity contribution is 9.10. The maximum absolute atomic E-state index is 10.9. The molecule has 4 nitrogen and oxygen atoms in total. The molecule has 5 heteroatoms. The van der Waals surface area contributed by atoms with E-state index in [0.717, 1.165) is 0 Å². The summed E-state index contributed by atoms with van der Waals surface area (Å²) in [5.74, 6) is 0.782. The fourth-order valence-corrected chi connectivity index (χ4v) is 2.20. The van der Waals surface area contributed by atoms with Gasteiger partial charge in [0.2, 0.25) is 0 Å². The lowest BCUT2D eigenvalue weighted by Gasteiger charge is -2.11. The fourth-order valence-electron chi connectivity index (χ4n) is 1.67. The number of carboxylic acid groups (broad SMARTS) is 1. The predicted molar refractivity (Wildman–Crippen MR) is 78.8 cm³/mol. The van der Waals surface area contributed by atoms with E-state index in [9.17, 15) is 4.79 Å². The van der Waals surface area contributed by atoms with Crippen LogP contribution in [-0.2, 0) is 0 Å². The molecule has 0 aliphatic carbocycles. The van der Waals surface area contributed by atoms with Crippen LogP contribution in [0.3, 0.4) is 0 Å². The van der Waals surface area contributed by atoms with Crippen LogP contribution < -0.4 is 9.47 Å². The van der Waals surface area contributed by atoms with Crippen molar-refractivity contribution in [3.05, 3.63) is 52.5 Å². The van der Waals surface area contributed by atoms with Gasteiger partial charge in [-0.05, 0) is 53.2 Å². The van der Waals surface area contributed by atoms with Gasteiger partial charge in [0.25, 0.3) is 0 Å². The summed E-state index contributed by atoms with van der Waals surface area (Å²) < 4.78 is 11.7. The van der Waals surface area contributed by atoms with E-state index in [4.69, 9.17) is 14.6 Å². The van der Waals surface area contributed by atoms with Crippen molar-refractivity contribution in [3.8, 4) is 17.2 Å². The van der Waals surface area contributed by atoms with Crippen molar-refractivity contribution in [2.45, 2.75) is 6.92 Å². The van der Waals surface area contributed by atoms with E-state index in [-0.39, 0.29) is 5.56 Å². The molecule has 0 saturated carbocycles. The minimum absolute atomic E-state index is 0.190. The molecule has 0 aliphatic rings. The van der Waals surface area contributed by atoms with Crippen molar-refractivity contribution in [1.82, 2.24) is 0 Å². The SMILES string of the molecule is CCOc1ccccc1Oc1ccc(C(=O)O)c(Br)c1. The van der Waals surface area contributed by atoms with Gasteiger partial charge in [-0.2, -0.15) is 0 Å².